The van der Waals surface area contributed by atoms with E-state index in [0.29, 0.717) is 30.0 Å². The minimum absolute atomic E-state index is 0.00242. The van der Waals surface area contributed by atoms with Crippen LogP contribution in [0.3, 0.4) is 0 Å². The number of ether oxygens (including phenoxy) is 1. The first-order valence-electron chi connectivity index (χ1n) is 9.91. The molecule has 4 aliphatic carbocycles. The number of rotatable bonds is 0. The fraction of sp³-hybridized carbons (Fsp3) is 0.857. The summed E-state index contributed by atoms with van der Waals surface area (Å²) < 4.78 is 6.24. The van der Waals surface area contributed by atoms with E-state index in [4.69, 9.17) is 4.74 Å². The molecule has 1 saturated heterocycles. The Kier molecular flexibility index (Phi) is 2.79. The van der Waals surface area contributed by atoms with Crippen LogP contribution in [0.1, 0.15) is 65.7 Å². The minimum Gasteiger partial charge on any atom is -0.354 e. The van der Waals surface area contributed by atoms with Crippen molar-refractivity contribution in [2.45, 2.75) is 76.9 Å². The number of carbonyl (C=O) groups is 2. The summed E-state index contributed by atoms with van der Waals surface area (Å²) in [6.45, 7) is 6.39. The molecule has 5 fully saturated rings. The van der Waals surface area contributed by atoms with E-state index in [9.17, 15) is 14.9 Å². The van der Waals surface area contributed by atoms with Crippen LogP contribution in [0.4, 0.5) is 0 Å². The topological polar surface area (TPSA) is 70.5 Å². The quantitative estimate of drug-likeness (QED) is 0.633. The van der Waals surface area contributed by atoms with E-state index in [-0.39, 0.29) is 22.2 Å². The molecule has 0 unspecified atom stereocenters. The van der Waals surface area contributed by atoms with Gasteiger partial charge in [0.25, 0.3) is 0 Å². The molecule has 1 spiro atoms. The van der Waals surface area contributed by atoms with Gasteiger partial charge in [0, 0.05) is 17.3 Å². The van der Waals surface area contributed by atoms with Crippen LogP contribution in [-0.4, -0.2) is 22.8 Å². The van der Waals surface area contributed by atoms with Crippen molar-refractivity contribution in [2.24, 2.45) is 34.5 Å². The van der Waals surface area contributed by atoms with Crippen LogP contribution in [0.25, 0.3) is 0 Å². The summed E-state index contributed by atoms with van der Waals surface area (Å²) in [5.74, 6) is 1.42. The van der Waals surface area contributed by atoms with E-state index < -0.39 is 11.5 Å². The Bertz CT molecular complexity index is 740. The molecule has 4 nitrogen and oxygen atoms in total. The highest BCUT2D eigenvalue weighted by Gasteiger charge is 2.84. The molecule has 134 valence electrons. The maximum Gasteiger partial charge on any atom is 0.184 e. The Hall–Kier alpha value is -1.21. The zero-order valence-electron chi connectivity index (χ0n) is 15.4. The highest BCUT2D eigenvalue weighted by Crippen LogP contribution is 2.75. The van der Waals surface area contributed by atoms with Crippen LogP contribution >= 0.6 is 0 Å². The molecular formula is C21H27NO3. The number of ketones is 2. The molecule has 8 atom stereocenters. The molecule has 0 radical (unpaired) electrons. The number of nitrogens with zero attached hydrogens (tertiary/aromatic N) is 1. The van der Waals surface area contributed by atoms with Gasteiger partial charge in [0.1, 0.15) is 17.3 Å². The Morgan fingerprint density at radius 2 is 1.84 bits per heavy atom. The van der Waals surface area contributed by atoms with Crippen molar-refractivity contribution in [3.8, 4) is 6.07 Å². The van der Waals surface area contributed by atoms with Gasteiger partial charge in [0.05, 0.1) is 6.07 Å². The summed E-state index contributed by atoms with van der Waals surface area (Å²) in [5.41, 5.74) is -1.36. The standard InChI is InChI=1S/C21H27NO3/c1-18-8-7-15-13(14(18)4-5-16(18)23)6-9-21-19(15,2)10-12(11-22)17(24)20(21,3)25-21/h12-15H,4-10H2,1-3H3/t12-,13-,14-,15-,18-,19+,20+,21-/m0/s1. The molecule has 25 heavy (non-hydrogen) atoms. The first kappa shape index (κ1) is 16.0. The van der Waals surface area contributed by atoms with Crippen molar-refractivity contribution in [3.05, 3.63) is 0 Å². The predicted molar refractivity (Wildman–Crippen MR) is 90.3 cm³/mol. The van der Waals surface area contributed by atoms with Crippen LogP contribution in [0.15, 0.2) is 0 Å². The zero-order chi connectivity index (χ0) is 17.8. The molecule has 0 N–H and O–H groups in total. The summed E-state index contributed by atoms with van der Waals surface area (Å²) >= 11 is 0. The van der Waals surface area contributed by atoms with Crippen molar-refractivity contribution in [1.82, 2.24) is 0 Å². The summed E-state index contributed by atoms with van der Waals surface area (Å²) in [7, 11) is 0. The van der Waals surface area contributed by atoms with Crippen molar-refractivity contribution >= 4 is 11.6 Å². The Balaban J connectivity index is 1.56. The van der Waals surface area contributed by atoms with Crippen LogP contribution in [0, 0.1) is 45.8 Å². The van der Waals surface area contributed by atoms with Gasteiger partial charge in [0.15, 0.2) is 11.4 Å². The van der Waals surface area contributed by atoms with Crippen molar-refractivity contribution < 1.29 is 14.3 Å². The van der Waals surface area contributed by atoms with Crippen LogP contribution in [0.5, 0.6) is 0 Å². The number of nitriles is 1. The zero-order valence-corrected chi connectivity index (χ0v) is 15.4. The molecule has 5 aliphatic rings. The van der Waals surface area contributed by atoms with Crippen molar-refractivity contribution in [1.29, 1.82) is 5.26 Å². The summed E-state index contributed by atoms with van der Waals surface area (Å²) in [4.78, 5) is 25.3. The largest absolute Gasteiger partial charge is 0.354 e. The summed E-state index contributed by atoms with van der Waals surface area (Å²) in [6.07, 6.45) is 6.37. The van der Waals surface area contributed by atoms with Crippen LogP contribution < -0.4 is 0 Å². The van der Waals surface area contributed by atoms with Crippen molar-refractivity contribution in [3.63, 3.8) is 0 Å². The highest BCUT2D eigenvalue weighted by atomic mass is 16.6. The first-order valence-corrected chi connectivity index (χ1v) is 9.91. The SMILES string of the molecule is C[C@]12CC[C@H]3[C@@H](CC[C@@]45O[C@]4(C)C(=O)[C@H](C#N)C[C@]35C)[C@@H]1CCC2=O. The van der Waals surface area contributed by atoms with Gasteiger partial charge in [-0.2, -0.15) is 5.26 Å². The van der Waals surface area contributed by atoms with Crippen LogP contribution in [0.2, 0.25) is 0 Å². The fourth-order valence-corrected chi connectivity index (χ4v) is 8.00. The summed E-state index contributed by atoms with van der Waals surface area (Å²) in [5, 5.41) is 9.57. The summed E-state index contributed by atoms with van der Waals surface area (Å²) in [6, 6.07) is 2.26. The monoisotopic (exact) mass is 341 g/mol. The predicted octanol–water partition coefficient (Wildman–Crippen LogP) is 3.44. The Morgan fingerprint density at radius 1 is 1.08 bits per heavy atom. The smallest absolute Gasteiger partial charge is 0.184 e. The van der Waals surface area contributed by atoms with E-state index in [0.717, 1.165) is 38.5 Å². The van der Waals surface area contributed by atoms with E-state index in [1.807, 2.05) is 6.92 Å². The fourth-order valence-electron chi connectivity index (χ4n) is 8.00. The molecule has 0 aromatic rings. The average molecular weight is 341 g/mol. The minimum atomic E-state index is -0.752. The Labute approximate surface area is 149 Å². The second-order valence-electron chi connectivity index (χ2n) is 9.96. The van der Waals surface area contributed by atoms with Gasteiger partial charge in [-0.1, -0.05) is 13.8 Å². The molecule has 0 amide bonds. The number of Topliss-reactive ketones (excluding diaryl/α,β-unsaturated/α-hetero) is 2. The van der Waals surface area contributed by atoms with Gasteiger partial charge < -0.3 is 4.74 Å². The third-order valence-electron chi connectivity index (χ3n) is 9.39. The van der Waals surface area contributed by atoms with E-state index in [1.54, 1.807) is 0 Å². The van der Waals surface area contributed by atoms with Gasteiger partial charge in [-0.05, 0) is 63.2 Å². The van der Waals surface area contributed by atoms with E-state index >= 15 is 0 Å². The second kappa shape index (κ2) is 4.36. The molecule has 1 aliphatic heterocycles. The lowest BCUT2D eigenvalue weighted by atomic mass is 9.43. The normalized spacial score (nSPS) is 59.3. The molecule has 4 saturated carbocycles. The molecule has 0 aromatic heterocycles. The Morgan fingerprint density at radius 3 is 2.56 bits per heavy atom. The third-order valence-corrected chi connectivity index (χ3v) is 9.39. The lowest BCUT2D eigenvalue weighted by Gasteiger charge is -2.59. The molecule has 5 rings (SSSR count). The van der Waals surface area contributed by atoms with Gasteiger partial charge in [-0.15, -0.1) is 0 Å². The van der Waals surface area contributed by atoms with E-state index in [2.05, 4.69) is 19.9 Å². The van der Waals surface area contributed by atoms with E-state index in [1.165, 1.54) is 0 Å². The molecule has 0 aromatic carbocycles. The van der Waals surface area contributed by atoms with Gasteiger partial charge in [-0.3, -0.25) is 9.59 Å². The average Bonchev–Trinajstić information content (AvgIpc) is 3.11. The maximum atomic E-state index is 12.8. The molecular weight excluding hydrogens is 314 g/mol. The molecule has 1 heterocycles. The highest BCUT2D eigenvalue weighted by molar-refractivity contribution is 5.96. The van der Waals surface area contributed by atoms with Gasteiger partial charge in [0.2, 0.25) is 0 Å². The third kappa shape index (κ3) is 1.51. The van der Waals surface area contributed by atoms with Gasteiger partial charge >= 0.3 is 0 Å². The van der Waals surface area contributed by atoms with Crippen molar-refractivity contribution in [2.75, 3.05) is 0 Å². The van der Waals surface area contributed by atoms with Gasteiger partial charge in [-0.25, -0.2) is 0 Å². The number of fused-ring (bicyclic) bond motifs is 4. The number of hydrogen-bond acceptors (Lipinski definition) is 4. The second-order valence-corrected chi connectivity index (χ2v) is 9.96. The number of epoxide rings is 1. The number of carbonyl (C=O) groups excluding carboxylic acids is 2. The lowest BCUT2D eigenvalue weighted by molar-refractivity contribution is -0.144. The first-order chi connectivity index (χ1) is 11.7. The molecule has 4 heteroatoms. The maximum absolute atomic E-state index is 12.8. The van der Waals surface area contributed by atoms with Crippen LogP contribution in [-0.2, 0) is 14.3 Å². The lowest BCUT2D eigenvalue weighted by Crippen LogP contribution is -2.61. The molecule has 0 bridgehead atoms. The number of hydrogen-bond donors (Lipinski definition) is 0.